The molecule has 1 aromatic heterocycles. The number of imidazole rings is 1. The van der Waals surface area contributed by atoms with Gasteiger partial charge in [0, 0.05) is 5.69 Å². The number of amidine groups is 1. The van der Waals surface area contributed by atoms with Gasteiger partial charge in [0.1, 0.15) is 17.8 Å². The van der Waals surface area contributed by atoms with Crippen LogP contribution in [0.15, 0.2) is 6.33 Å². The number of hydrogen-bond donors (Lipinski definition) is 4. The van der Waals surface area contributed by atoms with E-state index in [-0.39, 0.29) is 18.2 Å². The Morgan fingerprint density at radius 3 is 2.65 bits per heavy atom. The van der Waals surface area contributed by atoms with Gasteiger partial charge in [0.25, 0.3) is 0 Å². The Bertz CT molecular complexity index is 487. The lowest BCUT2D eigenvalue weighted by atomic mass is 10.1. The highest BCUT2D eigenvalue weighted by molar-refractivity contribution is 5.94. The lowest BCUT2D eigenvalue weighted by Gasteiger charge is -2.19. The summed E-state index contributed by atoms with van der Waals surface area (Å²) in [6, 6.07) is 0. The Morgan fingerprint density at radius 1 is 1.52 bits per heavy atom. The van der Waals surface area contributed by atoms with Crippen LogP contribution in [0.3, 0.4) is 0 Å². The predicted molar refractivity (Wildman–Crippen MR) is 91.4 cm³/mol. The fourth-order valence-electron chi connectivity index (χ4n) is 2.58. The molecule has 1 aromatic rings. The molecule has 2 rings (SSSR count). The third-order valence-corrected chi connectivity index (χ3v) is 4.04. The molecular weight excluding hydrogens is 294 g/mol. The van der Waals surface area contributed by atoms with Crippen LogP contribution < -0.4 is 11.5 Å². The van der Waals surface area contributed by atoms with E-state index in [0.29, 0.717) is 12.1 Å². The van der Waals surface area contributed by atoms with Crippen LogP contribution in [0, 0.1) is 12.3 Å². The van der Waals surface area contributed by atoms with E-state index in [1.807, 2.05) is 18.4 Å². The summed E-state index contributed by atoms with van der Waals surface area (Å²) in [6.45, 7) is 6.79. The Labute approximate surface area is 138 Å². The summed E-state index contributed by atoms with van der Waals surface area (Å²) in [5, 5.41) is 17.2. The molecule has 1 aliphatic heterocycles. The first-order chi connectivity index (χ1) is 11.0. The highest BCUT2D eigenvalue weighted by Crippen LogP contribution is 2.31. The van der Waals surface area contributed by atoms with E-state index in [0.717, 1.165) is 25.1 Å². The maximum atomic E-state index is 9.78. The van der Waals surface area contributed by atoms with Crippen molar-refractivity contribution >= 4 is 5.84 Å². The topological polar surface area (TPSA) is 123 Å². The Kier molecular flexibility index (Phi) is 8.22. The monoisotopic (exact) mass is 325 g/mol. The van der Waals surface area contributed by atoms with E-state index in [4.69, 9.17) is 21.6 Å². The number of unbranched alkanes of at least 4 members (excludes halogenated alkanes) is 1. The molecular formula is C16H31N5O2. The van der Waals surface area contributed by atoms with Gasteiger partial charge in [0.05, 0.1) is 18.5 Å². The van der Waals surface area contributed by atoms with Gasteiger partial charge in [-0.3, -0.25) is 5.41 Å². The first-order valence-corrected chi connectivity index (χ1v) is 8.37. The minimum atomic E-state index is -0.411. The molecule has 6 N–H and O–H groups in total. The van der Waals surface area contributed by atoms with Gasteiger partial charge in [0.2, 0.25) is 0 Å². The Hall–Kier alpha value is -1.44. The summed E-state index contributed by atoms with van der Waals surface area (Å²) in [6.07, 6.45) is 5.78. The van der Waals surface area contributed by atoms with Crippen molar-refractivity contribution in [1.29, 1.82) is 5.41 Å². The summed E-state index contributed by atoms with van der Waals surface area (Å²) in [5.41, 5.74) is 11.9. The van der Waals surface area contributed by atoms with Gasteiger partial charge in [-0.15, -0.1) is 0 Å². The highest BCUT2D eigenvalue weighted by Gasteiger charge is 2.31. The van der Waals surface area contributed by atoms with Gasteiger partial charge in [-0.1, -0.05) is 20.3 Å². The Morgan fingerprint density at radius 2 is 2.22 bits per heavy atom. The van der Waals surface area contributed by atoms with Crippen LogP contribution in [-0.4, -0.2) is 39.2 Å². The normalized spacial score (nSPS) is 21.6. The maximum Gasteiger partial charge on any atom is 0.143 e. The summed E-state index contributed by atoms with van der Waals surface area (Å²) < 4.78 is 7.72. The van der Waals surface area contributed by atoms with E-state index >= 15 is 0 Å². The third-order valence-electron chi connectivity index (χ3n) is 4.04. The number of ether oxygens (including phenoxy) is 1. The molecule has 0 radical (unpaired) electrons. The van der Waals surface area contributed by atoms with Crippen LogP contribution in [-0.2, 0) is 4.74 Å². The van der Waals surface area contributed by atoms with Crippen molar-refractivity contribution in [3.05, 3.63) is 17.7 Å². The number of hydrogen-bond acceptors (Lipinski definition) is 5. The molecule has 132 valence electrons. The fourth-order valence-corrected chi connectivity index (χ4v) is 2.58. The molecule has 1 aliphatic rings. The van der Waals surface area contributed by atoms with Gasteiger partial charge in [-0.2, -0.15) is 0 Å². The minimum Gasteiger partial charge on any atom is -0.390 e. The molecule has 0 saturated carbocycles. The van der Waals surface area contributed by atoms with E-state index in [9.17, 15) is 5.11 Å². The molecule has 23 heavy (non-hydrogen) atoms. The summed E-state index contributed by atoms with van der Waals surface area (Å²) >= 11 is 0. The molecule has 0 amide bonds. The highest BCUT2D eigenvalue weighted by atomic mass is 16.5. The van der Waals surface area contributed by atoms with Crippen molar-refractivity contribution in [2.45, 2.75) is 71.3 Å². The third kappa shape index (κ3) is 5.30. The second kappa shape index (κ2) is 9.64. The number of nitrogens with one attached hydrogen (secondary N) is 1. The zero-order valence-corrected chi connectivity index (χ0v) is 14.5. The number of nitrogen functional groups attached to an aromatic ring is 1. The fraction of sp³-hybridized carbons (Fsp3) is 0.750. The van der Waals surface area contributed by atoms with Gasteiger partial charge in [-0.05, 0) is 39.2 Å². The van der Waals surface area contributed by atoms with Gasteiger partial charge in [-0.25, -0.2) is 4.98 Å². The van der Waals surface area contributed by atoms with E-state index in [1.54, 1.807) is 6.33 Å². The molecule has 7 heteroatoms. The van der Waals surface area contributed by atoms with Crippen LogP contribution in [0.5, 0.6) is 0 Å². The number of nitrogens with two attached hydrogens (primary N) is 2. The molecule has 3 atom stereocenters. The molecule has 7 nitrogen and oxygen atoms in total. The van der Waals surface area contributed by atoms with Crippen LogP contribution in [0.1, 0.15) is 63.6 Å². The van der Waals surface area contributed by atoms with Crippen LogP contribution in [0.4, 0.5) is 0 Å². The molecule has 2 heterocycles. The second-order valence-corrected chi connectivity index (χ2v) is 5.82. The van der Waals surface area contributed by atoms with Crippen LogP contribution in [0.2, 0.25) is 0 Å². The van der Waals surface area contributed by atoms with Crippen molar-refractivity contribution in [1.82, 2.24) is 9.55 Å². The number of aliphatic hydroxyl groups is 1. The zero-order valence-electron chi connectivity index (χ0n) is 14.5. The molecule has 0 spiro atoms. The Balaban J connectivity index is 0.000000463. The smallest absolute Gasteiger partial charge is 0.143 e. The lowest BCUT2D eigenvalue weighted by molar-refractivity contribution is -0.0603. The summed E-state index contributed by atoms with van der Waals surface area (Å²) in [5.74, 6) is -0.0330. The quantitative estimate of drug-likeness (QED) is 0.468. The average molecular weight is 325 g/mol. The van der Waals surface area contributed by atoms with E-state index in [2.05, 4.69) is 11.9 Å². The number of aliphatic hydroxyl groups excluding tert-OH is 1. The van der Waals surface area contributed by atoms with Crippen molar-refractivity contribution in [2.75, 3.05) is 6.54 Å². The lowest BCUT2D eigenvalue weighted by Crippen LogP contribution is -2.25. The second-order valence-electron chi connectivity index (χ2n) is 5.82. The number of nitrogens with zero attached hydrogens (tertiary/aromatic N) is 2. The molecule has 0 aliphatic carbocycles. The van der Waals surface area contributed by atoms with Crippen LogP contribution in [0.25, 0.3) is 0 Å². The molecule has 1 saturated heterocycles. The predicted octanol–water partition coefficient (Wildman–Crippen LogP) is 1.67. The van der Waals surface area contributed by atoms with Crippen molar-refractivity contribution in [3.63, 3.8) is 0 Å². The first kappa shape index (κ1) is 19.6. The molecule has 0 aromatic carbocycles. The standard InChI is InChI=1S/C12H20N4O2.C4H11N/c1-3-8(17)9-4-5-10(18-9)16-6-15-11(7(16)2)12(13)14;1-2-3-4-5/h6,8-10,17H,3-5H2,1-2H3,(H3,13,14);2-5H2,1H3. The van der Waals surface area contributed by atoms with Crippen LogP contribution >= 0.6 is 0 Å². The zero-order chi connectivity index (χ0) is 17.4. The minimum absolute atomic E-state index is 0.0330. The van der Waals surface area contributed by atoms with Crippen molar-refractivity contribution < 1.29 is 9.84 Å². The summed E-state index contributed by atoms with van der Waals surface area (Å²) in [7, 11) is 0. The number of aromatic nitrogens is 2. The molecule has 1 fully saturated rings. The van der Waals surface area contributed by atoms with Gasteiger partial charge < -0.3 is 25.9 Å². The first-order valence-electron chi connectivity index (χ1n) is 8.37. The SMILES string of the molecule is CCC(O)C1CCC(n2cnc(C(=N)N)c2C)O1.CCCCN. The van der Waals surface area contributed by atoms with Crippen molar-refractivity contribution in [3.8, 4) is 0 Å². The van der Waals surface area contributed by atoms with Gasteiger partial charge in [0.15, 0.2) is 0 Å². The summed E-state index contributed by atoms with van der Waals surface area (Å²) in [4.78, 5) is 4.12. The maximum absolute atomic E-state index is 9.78. The van der Waals surface area contributed by atoms with E-state index in [1.165, 1.54) is 12.8 Å². The molecule has 3 unspecified atom stereocenters. The van der Waals surface area contributed by atoms with E-state index < -0.39 is 6.10 Å². The molecule has 0 bridgehead atoms. The van der Waals surface area contributed by atoms with Gasteiger partial charge >= 0.3 is 0 Å². The number of rotatable bonds is 6. The largest absolute Gasteiger partial charge is 0.390 e. The van der Waals surface area contributed by atoms with Crippen molar-refractivity contribution in [2.24, 2.45) is 11.5 Å². The average Bonchev–Trinajstić information content (AvgIpc) is 3.14.